The molecule has 2 aliphatic heterocycles. The van der Waals surface area contributed by atoms with Gasteiger partial charge in [0.25, 0.3) is 0 Å². The molecule has 59 heavy (non-hydrogen) atoms. The van der Waals surface area contributed by atoms with Crippen molar-refractivity contribution in [2.24, 2.45) is 20.5 Å². The average molecular weight is 1010 g/mol. The number of alkyl halides is 6. The third kappa shape index (κ3) is 10.2. The summed E-state index contributed by atoms with van der Waals surface area (Å²) in [4.78, 5) is 41.8. The van der Waals surface area contributed by atoms with Crippen LogP contribution >= 0.6 is 7.37 Å². The molecular weight excluding hydrogens is 986 g/mol. The molecule has 0 aliphatic carbocycles. The Bertz CT molecular complexity index is 2330. The quantitative estimate of drug-likeness (QED) is 0.157. The van der Waals surface area contributed by atoms with Crippen molar-refractivity contribution in [1.82, 2.24) is 9.97 Å². The number of hydrogen-bond acceptors (Lipinski definition) is 12. The number of azo groups is 2. The Morgan fingerprint density at radius 2 is 1.00 bits per heavy atom. The molecule has 12 nitrogen and oxygen atoms in total. The largest absolute Gasteiger partial charge is 3.00 e. The van der Waals surface area contributed by atoms with Crippen LogP contribution in [0.4, 0.5) is 26.3 Å². The number of carboxylic acid groups (broad SMARTS) is 2. The second-order valence-corrected chi connectivity index (χ2v) is 14.3. The van der Waals surface area contributed by atoms with Gasteiger partial charge in [-0.2, -0.15) is 46.8 Å². The number of rotatable bonds is 8. The monoisotopic (exact) mass is 1010 g/mol. The Morgan fingerprint density at radius 3 is 1.39 bits per heavy atom. The summed E-state index contributed by atoms with van der Waals surface area (Å²) in [7, 11) is -3.82. The molecule has 0 bridgehead atoms. The van der Waals surface area contributed by atoms with Crippen LogP contribution in [0.1, 0.15) is 22.5 Å². The van der Waals surface area contributed by atoms with E-state index in [1.807, 2.05) is 48.5 Å². The van der Waals surface area contributed by atoms with Crippen LogP contribution in [0.5, 0.6) is 0 Å². The van der Waals surface area contributed by atoms with Gasteiger partial charge in [0.1, 0.15) is 11.4 Å². The van der Waals surface area contributed by atoms with E-state index in [1.165, 1.54) is 36.7 Å². The molecule has 20 heteroatoms. The summed E-state index contributed by atoms with van der Waals surface area (Å²) >= 11 is 0. The summed E-state index contributed by atoms with van der Waals surface area (Å²) in [5.74, 6) is -4.74. The number of aliphatic carboxylic acids is 2. The number of carbonyl (C=O) groups excluding carboxylic acids is 2. The summed E-state index contributed by atoms with van der Waals surface area (Å²) in [5.41, 5.74) is -5.23. The van der Waals surface area contributed by atoms with Gasteiger partial charge in [-0.15, -0.1) is 0 Å². The standard InChI is InChI=1S/C19H17O2P.2C10H6F3N3O2.Ir/c20-22(21,18-12-5-2-6-13-18)19-14-8-7-11-17(19)15-16-9-3-1-4-10-16;2*11-10(12,13)9(8(17)18)5-7(15-16-9)6-3-1-2-4-14-6;/h1-14H,15H2,(H,20,21);2*1-5H,(H,17,18);/q;;;+3/p-3. The topological polar surface area (TPSA) is 196 Å². The van der Waals surface area contributed by atoms with E-state index >= 15 is 0 Å². The molecule has 7 rings (SSSR count). The third-order valence-electron chi connectivity index (χ3n) is 8.31. The van der Waals surface area contributed by atoms with E-state index in [0.29, 0.717) is 29.2 Å². The van der Waals surface area contributed by atoms with Gasteiger partial charge in [-0.05, 0) is 54.0 Å². The summed E-state index contributed by atoms with van der Waals surface area (Å²) in [5, 5.41) is 34.2. The summed E-state index contributed by atoms with van der Waals surface area (Å²) in [6, 6.07) is 34.7. The molecule has 0 fully saturated rings. The zero-order chi connectivity index (χ0) is 42.2. The van der Waals surface area contributed by atoms with Crippen molar-refractivity contribution >= 4 is 41.3 Å². The van der Waals surface area contributed by atoms with Crippen LogP contribution in [-0.4, -0.2) is 45.3 Å². The molecular formula is C39H26F6IrN6O6P. The Balaban J connectivity index is 0.000000195. The van der Waals surface area contributed by atoms with Gasteiger partial charge in [-0.1, -0.05) is 97.1 Å². The molecule has 3 unspecified atom stereocenters. The fourth-order valence-corrected chi connectivity index (χ4v) is 6.95. The molecule has 0 spiro atoms. The molecule has 304 valence electrons. The van der Waals surface area contributed by atoms with E-state index in [1.54, 1.807) is 48.5 Å². The van der Waals surface area contributed by atoms with Crippen molar-refractivity contribution in [1.29, 1.82) is 0 Å². The van der Waals surface area contributed by atoms with Crippen molar-refractivity contribution in [3.05, 3.63) is 168 Å². The summed E-state index contributed by atoms with van der Waals surface area (Å²) in [6.45, 7) is 0. The first-order valence-corrected chi connectivity index (χ1v) is 18.2. The van der Waals surface area contributed by atoms with Crippen molar-refractivity contribution in [2.45, 2.75) is 29.9 Å². The second kappa shape index (κ2) is 18.7. The van der Waals surface area contributed by atoms with Crippen LogP contribution in [0.25, 0.3) is 11.4 Å². The molecule has 3 aromatic carbocycles. The molecule has 2 aromatic heterocycles. The molecule has 2 aliphatic rings. The predicted octanol–water partition coefficient (Wildman–Crippen LogP) is 4.74. The molecule has 0 saturated heterocycles. The zero-order valence-corrected chi connectivity index (χ0v) is 33.0. The van der Waals surface area contributed by atoms with Gasteiger partial charge >= 0.3 is 32.5 Å². The number of benzene rings is 3. The van der Waals surface area contributed by atoms with Crippen LogP contribution in [0.2, 0.25) is 0 Å². The van der Waals surface area contributed by atoms with Gasteiger partial charge in [0, 0.05) is 23.0 Å². The van der Waals surface area contributed by atoms with Crippen molar-refractivity contribution in [2.75, 3.05) is 0 Å². The smallest absolute Gasteiger partial charge is 0.793 e. The maximum Gasteiger partial charge on any atom is 3.00 e. The number of nitrogens with zero attached hydrogens (tertiary/aromatic N) is 6. The van der Waals surface area contributed by atoms with E-state index in [0.717, 1.165) is 11.1 Å². The number of carbonyl (C=O) groups is 2. The van der Waals surface area contributed by atoms with Crippen LogP contribution in [0.15, 0.2) is 166 Å². The van der Waals surface area contributed by atoms with Gasteiger partial charge in [-0.3, -0.25) is 9.97 Å². The SMILES string of the molecule is O=C([O-])C1(C(F)(F)F)C=C(c2ccccn2)N=N1.O=C([O-])C1(C(F)(F)F)C=C(c2ccccn2)N=N1.O=P([O-])(c1ccccc1)c1ccccc1Cc1ccccc1.[Ir+3]. The second-order valence-electron chi connectivity index (χ2n) is 12.2. The van der Waals surface area contributed by atoms with Crippen LogP contribution < -0.4 is 25.7 Å². The number of pyridine rings is 2. The van der Waals surface area contributed by atoms with Crippen molar-refractivity contribution in [3.8, 4) is 0 Å². The molecule has 0 N–H and O–H groups in total. The van der Waals surface area contributed by atoms with Crippen LogP contribution in [0.3, 0.4) is 0 Å². The molecule has 0 saturated carbocycles. The summed E-state index contributed by atoms with van der Waals surface area (Å²) < 4.78 is 89.2. The van der Waals surface area contributed by atoms with Gasteiger partial charge in [-0.25, -0.2) is 0 Å². The van der Waals surface area contributed by atoms with E-state index in [-0.39, 0.29) is 42.9 Å². The number of hydrogen-bond donors (Lipinski definition) is 0. The first-order chi connectivity index (χ1) is 27.4. The van der Waals surface area contributed by atoms with Gasteiger partial charge in [0.2, 0.25) is 11.1 Å². The number of aromatic nitrogens is 2. The summed E-state index contributed by atoms with van der Waals surface area (Å²) in [6.07, 6.45) is -6.15. The normalized spacial score (nSPS) is 19.0. The van der Waals surface area contributed by atoms with E-state index in [9.17, 15) is 55.6 Å². The van der Waals surface area contributed by atoms with Crippen LogP contribution in [-0.2, 0) is 40.7 Å². The number of carboxylic acids is 2. The Hall–Kier alpha value is -6.00. The molecule has 5 aromatic rings. The van der Waals surface area contributed by atoms with Crippen LogP contribution in [0, 0.1) is 0 Å². The predicted molar refractivity (Wildman–Crippen MR) is 191 cm³/mol. The van der Waals surface area contributed by atoms with Crippen molar-refractivity contribution < 1.29 is 75.7 Å². The third-order valence-corrected chi connectivity index (χ3v) is 10.4. The van der Waals surface area contributed by atoms with Gasteiger partial charge in [0.05, 0.1) is 30.7 Å². The van der Waals surface area contributed by atoms with E-state index in [2.05, 4.69) is 30.4 Å². The first kappa shape index (κ1) is 45.7. The maximum atomic E-state index is 12.9. The van der Waals surface area contributed by atoms with Gasteiger partial charge in [0.15, 0.2) is 0 Å². The fraction of sp³-hybridized carbons (Fsp3) is 0.128. The minimum atomic E-state index is -5.12. The van der Waals surface area contributed by atoms with Gasteiger partial charge < -0.3 is 29.3 Å². The molecule has 0 amide bonds. The molecule has 4 heterocycles. The molecule has 0 radical (unpaired) electrons. The Labute approximate surface area is 344 Å². The zero-order valence-electron chi connectivity index (χ0n) is 29.7. The molecule has 3 atom stereocenters. The van der Waals surface area contributed by atoms with E-state index in [4.69, 9.17) is 0 Å². The first-order valence-electron chi connectivity index (χ1n) is 16.6. The Morgan fingerprint density at radius 1 is 0.593 bits per heavy atom. The minimum Gasteiger partial charge on any atom is -0.793 e. The van der Waals surface area contributed by atoms with E-state index < -0.39 is 42.7 Å². The average Bonchev–Trinajstić information content (AvgIpc) is 3.89. The Kier molecular flexibility index (Phi) is 14.5. The fourth-order valence-electron chi connectivity index (χ4n) is 5.29. The maximum absolute atomic E-state index is 12.9. The van der Waals surface area contributed by atoms with Crippen molar-refractivity contribution in [3.63, 3.8) is 0 Å². The number of halogens is 6. The minimum absolute atomic E-state index is 0.